The number of morpholine rings is 1. The van der Waals surface area contributed by atoms with E-state index in [9.17, 15) is 22.8 Å². The first-order valence-corrected chi connectivity index (χ1v) is 15.7. The van der Waals surface area contributed by atoms with Gasteiger partial charge in [0.1, 0.15) is 0 Å². The maximum absolute atomic E-state index is 14.5. The van der Waals surface area contributed by atoms with Gasteiger partial charge in [-0.15, -0.1) is 0 Å². The molecule has 6 rings (SSSR count). The van der Waals surface area contributed by atoms with Crippen LogP contribution in [0.25, 0.3) is 0 Å². The number of likely N-dealkylation sites (tertiary alicyclic amines) is 1. The van der Waals surface area contributed by atoms with Gasteiger partial charge in [0, 0.05) is 96.5 Å². The van der Waals surface area contributed by atoms with Crippen molar-refractivity contribution in [1.29, 1.82) is 0 Å². The number of nitrogens with one attached hydrogen (secondary N) is 2. The van der Waals surface area contributed by atoms with E-state index in [1.54, 1.807) is 16.9 Å². The van der Waals surface area contributed by atoms with E-state index in [4.69, 9.17) is 14.2 Å². The van der Waals surface area contributed by atoms with Crippen LogP contribution in [0.2, 0.25) is 0 Å². The Bertz CT molecular complexity index is 1200. The van der Waals surface area contributed by atoms with E-state index in [0.717, 1.165) is 44.7 Å². The number of halogens is 3. The number of urea groups is 1. The zero-order valence-electron chi connectivity index (χ0n) is 25.2. The Hall–Kier alpha value is -2.52. The summed E-state index contributed by atoms with van der Waals surface area (Å²) in [5, 5.41) is 6.78. The molecular weight excluding hydrogens is 581 g/mol. The first kappa shape index (κ1) is 31.5. The second-order valence-electron chi connectivity index (χ2n) is 12.8. The van der Waals surface area contributed by atoms with Gasteiger partial charge in [-0.25, -0.2) is 4.79 Å². The highest BCUT2D eigenvalue weighted by Crippen LogP contribution is 2.50. The van der Waals surface area contributed by atoms with Crippen LogP contribution in [0.4, 0.5) is 18.0 Å². The van der Waals surface area contributed by atoms with Crippen molar-refractivity contribution >= 4 is 11.9 Å². The molecule has 0 bridgehead atoms. The Morgan fingerprint density at radius 2 is 1.98 bits per heavy atom. The Morgan fingerprint density at radius 3 is 2.75 bits per heavy atom. The van der Waals surface area contributed by atoms with Crippen molar-refractivity contribution in [1.82, 2.24) is 30.3 Å². The smallest absolute Gasteiger partial charge is 0.379 e. The average molecular weight is 625 g/mol. The van der Waals surface area contributed by atoms with E-state index in [-0.39, 0.29) is 49.1 Å². The third-order valence-corrected chi connectivity index (χ3v) is 10.1. The van der Waals surface area contributed by atoms with Gasteiger partial charge >= 0.3 is 12.2 Å². The first-order valence-electron chi connectivity index (χ1n) is 15.7. The normalized spacial score (nSPS) is 31.1. The van der Waals surface area contributed by atoms with Gasteiger partial charge in [0.05, 0.1) is 36.9 Å². The SMILES string of the molecule is COC1COCCC1NC1CC2CN(C(=O)NCCN3CCOCC3)CC2(C(=O)N2CCc3ncc(C(F)(F)F)cc3C2)C1. The molecule has 4 aliphatic heterocycles. The van der Waals surface area contributed by atoms with Gasteiger partial charge < -0.3 is 34.6 Å². The van der Waals surface area contributed by atoms with Crippen molar-refractivity contribution in [2.75, 3.05) is 79.4 Å². The summed E-state index contributed by atoms with van der Waals surface area (Å²) in [6, 6.07) is 1.08. The summed E-state index contributed by atoms with van der Waals surface area (Å²) in [4.78, 5) is 37.6. The van der Waals surface area contributed by atoms with E-state index in [2.05, 4.69) is 20.5 Å². The van der Waals surface area contributed by atoms with Gasteiger partial charge in [-0.1, -0.05) is 0 Å². The van der Waals surface area contributed by atoms with Crippen molar-refractivity contribution in [3.63, 3.8) is 0 Å². The number of aromatic nitrogens is 1. The van der Waals surface area contributed by atoms with Crippen LogP contribution in [0.1, 0.15) is 36.1 Å². The molecule has 1 aliphatic carbocycles. The molecule has 0 spiro atoms. The van der Waals surface area contributed by atoms with Gasteiger partial charge in [-0.05, 0) is 36.8 Å². The second-order valence-corrected chi connectivity index (χ2v) is 12.8. The largest absolute Gasteiger partial charge is 0.417 e. The van der Waals surface area contributed by atoms with Crippen LogP contribution >= 0.6 is 0 Å². The fraction of sp³-hybridized carbons (Fsp3) is 0.767. The molecule has 3 saturated heterocycles. The maximum atomic E-state index is 14.5. The summed E-state index contributed by atoms with van der Waals surface area (Å²) in [7, 11) is 1.67. The Morgan fingerprint density at radius 1 is 1.16 bits per heavy atom. The topological polar surface area (TPSA) is 108 Å². The number of fused-ring (bicyclic) bond motifs is 2. The molecule has 1 saturated carbocycles. The molecule has 5 unspecified atom stereocenters. The Kier molecular flexibility index (Phi) is 9.35. The maximum Gasteiger partial charge on any atom is 0.417 e. The molecular formula is C30H43F3N6O5. The van der Waals surface area contributed by atoms with Crippen LogP contribution in [0, 0.1) is 11.3 Å². The quantitative estimate of drug-likeness (QED) is 0.470. The van der Waals surface area contributed by atoms with Crippen molar-refractivity contribution in [2.45, 2.75) is 56.6 Å². The van der Waals surface area contributed by atoms with Crippen LogP contribution in [0.5, 0.6) is 0 Å². The molecule has 5 atom stereocenters. The minimum atomic E-state index is -4.51. The van der Waals surface area contributed by atoms with Gasteiger partial charge in [0.25, 0.3) is 0 Å². The number of carbonyl (C=O) groups excluding carboxylic acids is 2. The predicted octanol–water partition coefficient (Wildman–Crippen LogP) is 1.50. The number of methoxy groups -OCH3 is 1. The van der Waals surface area contributed by atoms with Crippen LogP contribution in [-0.4, -0.2) is 129 Å². The monoisotopic (exact) mass is 624 g/mol. The number of alkyl halides is 3. The van der Waals surface area contributed by atoms with E-state index in [1.165, 1.54) is 0 Å². The zero-order chi connectivity index (χ0) is 30.9. The van der Waals surface area contributed by atoms with E-state index < -0.39 is 17.2 Å². The van der Waals surface area contributed by atoms with Crippen molar-refractivity contribution in [3.05, 3.63) is 29.1 Å². The Balaban J connectivity index is 1.17. The molecule has 3 amide bonds. The summed E-state index contributed by atoms with van der Waals surface area (Å²) < 4.78 is 57.0. The number of hydrogen-bond donors (Lipinski definition) is 2. The van der Waals surface area contributed by atoms with E-state index in [1.807, 2.05) is 0 Å². The van der Waals surface area contributed by atoms with Crippen LogP contribution in [0.3, 0.4) is 0 Å². The molecule has 11 nitrogen and oxygen atoms in total. The molecule has 14 heteroatoms. The lowest BCUT2D eigenvalue weighted by molar-refractivity contribution is -0.143. The van der Waals surface area contributed by atoms with Gasteiger partial charge in [-0.3, -0.25) is 14.7 Å². The molecule has 5 heterocycles. The predicted molar refractivity (Wildman–Crippen MR) is 153 cm³/mol. The minimum absolute atomic E-state index is 0.0480. The van der Waals surface area contributed by atoms with Crippen molar-refractivity contribution < 1.29 is 37.0 Å². The molecule has 4 fully saturated rings. The number of pyridine rings is 1. The summed E-state index contributed by atoms with van der Waals surface area (Å²) in [6.07, 6.45) is -1.26. The lowest BCUT2D eigenvalue weighted by Gasteiger charge is -2.37. The third-order valence-electron chi connectivity index (χ3n) is 10.1. The highest BCUT2D eigenvalue weighted by Gasteiger charge is 2.60. The van der Waals surface area contributed by atoms with Gasteiger partial charge in [-0.2, -0.15) is 13.2 Å². The van der Waals surface area contributed by atoms with Crippen molar-refractivity contribution in [2.24, 2.45) is 11.3 Å². The molecule has 44 heavy (non-hydrogen) atoms. The van der Waals surface area contributed by atoms with Gasteiger partial charge in [0.15, 0.2) is 0 Å². The highest BCUT2D eigenvalue weighted by atomic mass is 19.4. The lowest BCUT2D eigenvalue weighted by atomic mass is 9.78. The summed E-state index contributed by atoms with van der Waals surface area (Å²) in [5.74, 6) is -0.159. The zero-order valence-corrected chi connectivity index (χ0v) is 25.2. The molecule has 1 aromatic rings. The number of ether oxygens (including phenoxy) is 3. The summed E-state index contributed by atoms with van der Waals surface area (Å²) in [5.41, 5.74) is -0.600. The lowest BCUT2D eigenvalue weighted by Crippen LogP contribution is -2.53. The van der Waals surface area contributed by atoms with E-state index in [0.29, 0.717) is 70.2 Å². The number of hydrogen-bond acceptors (Lipinski definition) is 8. The van der Waals surface area contributed by atoms with Gasteiger partial charge in [0.2, 0.25) is 5.91 Å². The molecule has 1 aromatic heterocycles. The second kappa shape index (κ2) is 13.1. The highest BCUT2D eigenvalue weighted by molar-refractivity contribution is 5.86. The summed E-state index contributed by atoms with van der Waals surface area (Å²) in [6.45, 7) is 6.63. The van der Waals surface area contributed by atoms with Crippen molar-refractivity contribution in [3.8, 4) is 0 Å². The standard InChI is InChI=1S/C30H43F3N6O5/c1-42-26-18-44-9-3-25(26)36-23-13-22-17-39(28(41)34-4-6-37-7-10-43-11-8-37)19-29(22,14-23)27(40)38-5-2-24-20(16-38)12-21(15-35-24)30(31,32)33/h12,15,22-23,25-26,36H,2-11,13-14,16-19H2,1H3,(H,34,41). The van der Waals surface area contributed by atoms with E-state index >= 15 is 0 Å². The number of carbonyl (C=O) groups is 2. The fourth-order valence-corrected chi connectivity index (χ4v) is 7.75. The number of rotatable bonds is 7. The number of nitrogens with zero attached hydrogens (tertiary/aromatic N) is 4. The molecule has 0 radical (unpaired) electrons. The fourth-order valence-electron chi connectivity index (χ4n) is 7.75. The van der Waals surface area contributed by atoms with Crippen LogP contribution < -0.4 is 10.6 Å². The third kappa shape index (κ3) is 6.55. The van der Waals surface area contributed by atoms with Crippen LogP contribution in [-0.2, 0) is 38.1 Å². The molecule has 0 aromatic carbocycles. The average Bonchev–Trinajstić information content (AvgIpc) is 3.55. The minimum Gasteiger partial charge on any atom is -0.379 e. The summed E-state index contributed by atoms with van der Waals surface area (Å²) >= 11 is 0. The molecule has 244 valence electrons. The van der Waals surface area contributed by atoms with Crippen LogP contribution in [0.15, 0.2) is 12.3 Å². The molecule has 2 N–H and O–H groups in total. The Labute approximate surface area is 255 Å². The molecule has 5 aliphatic rings. The first-order chi connectivity index (χ1) is 21.2. The number of amides is 3.